The molecule has 0 atom stereocenters. The number of hydrogen-bond donors (Lipinski definition) is 1. The molecule has 1 nitrogen and oxygen atoms in total. The molecule has 0 fully saturated rings. The fraction of sp³-hybridized carbons (Fsp3) is 0.538. The summed E-state index contributed by atoms with van der Waals surface area (Å²) in [5.74, 6) is 0.301. The zero-order chi connectivity index (χ0) is 15.6. The summed E-state index contributed by atoms with van der Waals surface area (Å²) in [7, 11) is 0. The fourth-order valence-electron chi connectivity index (χ4n) is 1.56. The predicted molar refractivity (Wildman–Crippen MR) is 64.4 cm³/mol. The minimum Gasteiger partial charge on any atom is -0.385 e. The van der Waals surface area contributed by atoms with E-state index in [2.05, 4.69) is 5.32 Å². The van der Waals surface area contributed by atoms with Crippen molar-refractivity contribution in [2.75, 3.05) is 11.9 Å². The van der Waals surface area contributed by atoms with Crippen molar-refractivity contribution in [1.82, 2.24) is 0 Å². The standard InChI is InChI=1S/C13H15F6N/c1-8(2)3-4-20-11-6-9(12(14,15)16)5-10(7-11)13(17,18)19/h5-8,20H,3-4H2,1-2H3. The van der Waals surface area contributed by atoms with Crippen LogP contribution in [0.15, 0.2) is 18.2 Å². The second-order valence-electron chi connectivity index (χ2n) is 4.90. The number of nitrogens with one attached hydrogen (secondary N) is 1. The van der Waals surface area contributed by atoms with Gasteiger partial charge in [0.1, 0.15) is 0 Å². The molecule has 114 valence electrons. The maximum absolute atomic E-state index is 12.6. The first-order valence-electron chi connectivity index (χ1n) is 6.03. The minimum absolute atomic E-state index is 0.119. The third-order valence-corrected chi connectivity index (χ3v) is 2.64. The van der Waals surface area contributed by atoms with Crippen molar-refractivity contribution in [3.63, 3.8) is 0 Å². The summed E-state index contributed by atoms with van der Waals surface area (Å²) in [6.07, 6.45) is -8.97. The van der Waals surface area contributed by atoms with Crippen molar-refractivity contribution >= 4 is 5.69 Å². The van der Waals surface area contributed by atoms with Gasteiger partial charge >= 0.3 is 12.4 Å². The van der Waals surface area contributed by atoms with Crippen LogP contribution in [0.4, 0.5) is 32.0 Å². The summed E-state index contributed by atoms with van der Waals surface area (Å²) < 4.78 is 75.5. The van der Waals surface area contributed by atoms with E-state index in [-0.39, 0.29) is 11.8 Å². The Labute approximate surface area is 113 Å². The van der Waals surface area contributed by atoms with Crippen LogP contribution in [-0.4, -0.2) is 6.54 Å². The Morgan fingerprint density at radius 2 is 1.35 bits per heavy atom. The first-order valence-corrected chi connectivity index (χ1v) is 6.03. The van der Waals surface area contributed by atoms with Gasteiger partial charge in [0, 0.05) is 12.2 Å². The smallest absolute Gasteiger partial charge is 0.385 e. The molecule has 1 aromatic carbocycles. The molecule has 0 saturated carbocycles. The summed E-state index contributed by atoms with van der Waals surface area (Å²) in [6, 6.07) is 1.50. The number of alkyl halides is 6. The molecule has 7 heteroatoms. The number of hydrogen-bond acceptors (Lipinski definition) is 1. The van der Waals surface area contributed by atoms with E-state index in [0.717, 1.165) is 0 Å². The third kappa shape index (κ3) is 4.94. The summed E-state index contributed by atoms with van der Waals surface area (Å²) in [6.45, 7) is 4.14. The maximum Gasteiger partial charge on any atom is 0.416 e. The number of halogens is 6. The molecular formula is C13H15F6N. The lowest BCUT2D eigenvalue weighted by Crippen LogP contribution is -2.13. The normalized spacial score (nSPS) is 12.8. The minimum atomic E-state index is -4.81. The second-order valence-corrected chi connectivity index (χ2v) is 4.90. The van der Waals surface area contributed by atoms with Crippen LogP contribution in [0.2, 0.25) is 0 Å². The van der Waals surface area contributed by atoms with Gasteiger partial charge in [-0.05, 0) is 30.5 Å². The van der Waals surface area contributed by atoms with Crippen LogP contribution in [0.5, 0.6) is 0 Å². The van der Waals surface area contributed by atoms with Crippen LogP contribution in [0.1, 0.15) is 31.4 Å². The van der Waals surface area contributed by atoms with Gasteiger partial charge in [-0.15, -0.1) is 0 Å². The van der Waals surface area contributed by atoms with E-state index in [9.17, 15) is 26.3 Å². The highest BCUT2D eigenvalue weighted by Gasteiger charge is 2.36. The Morgan fingerprint density at radius 1 is 0.900 bits per heavy atom. The molecule has 1 N–H and O–H groups in total. The average Bonchev–Trinajstić information content (AvgIpc) is 2.25. The lowest BCUT2D eigenvalue weighted by atomic mass is 10.1. The Hall–Kier alpha value is -1.40. The van der Waals surface area contributed by atoms with Crippen LogP contribution < -0.4 is 5.32 Å². The highest BCUT2D eigenvalue weighted by Crippen LogP contribution is 2.37. The van der Waals surface area contributed by atoms with Crippen molar-refractivity contribution in [3.8, 4) is 0 Å². The number of anilines is 1. The van der Waals surface area contributed by atoms with Gasteiger partial charge in [0.25, 0.3) is 0 Å². The largest absolute Gasteiger partial charge is 0.416 e. The van der Waals surface area contributed by atoms with Gasteiger partial charge in [-0.3, -0.25) is 0 Å². The Balaban J connectivity index is 3.05. The molecule has 20 heavy (non-hydrogen) atoms. The first kappa shape index (κ1) is 16.7. The van der Waals surface area contributed by atoms with Crippen LogP contribution in [0.3, 0.4) is 0 Å². The van der Waals surface area contributed by atoms with E-state index in [1.807, 2.05) is 13.8 Å². The molecule has 0 spiro atoms. The van der Waals surface area contributed by atoms with Gasteiger partial charge in [-0.25, -0.2) is 0 Å². The molecular weight excluding hydrogens is 284 g/mol. The molecule has 0 aliphatic heterocycles. The highest BCUT2D eigenvalue weighted by molar-refractivity contribution is 5.50. The Morgan fingerprint density at radius 3 is 1.70 bits per heavy atom. The van der Waals surface area contributed by atoms with Crippen LogP contribution in [-0.2, 0) is 12.4 Å². The van der Waals surface area contributed by atoms with Crippen molar-refractivity contribution < 1.29 is 26.3 Å². The monoisotopic (exact) mass is 299 g/mol. The van der Waals surface area contributed by atoms with E-state index in [4.69, 9.17) is 0 Å². The summed E-state index contributed by atoms with van der Waals surface area (Å²) in [4.78, 5) is 0. The van der Waals surface area contributed by atoms with E-state index >= 15 is 0 Å². The van der Waals surface area contributed by atoms with E-state index in [0.29, 0.717) is 31.0 Å². The first-order chi connectivity index (χ1) is 9.00. The number of benzene rings is 1. The molecule has 0 aromatic heterocycles. The van der Waals surface area contributed by atoms with Crippen molar-refractivity contribution in [3.05, 3.63) is 29.3 Å². The van der Waals surface area contributed by atoms with Gasteiger partial charge in [-0.2, -0.15) is 26.3 Å². The van der Waals surface area contributed by atoms with Gasteiger partial charge in [0.05, 0.1) is 11.1 Å². The van der Waals surface area contributed by atoms with Crippen molar-refractivity contribution in [1.29, 1.82) is 0 Å². The molecule has 0 bridgehead atoms. The van der Waals surface area contributed by atoms with E-state index in [1.165, 1.54) is 0 Å². The summed E-state index contributed by atoms with van der Waals surface area (Å²) in [5.41, 5.74) is -2.79. The SMILES string of the molecule is CC(C)CCNc1cc(C(F)(F)F)cc(C(F)(F)F)c1. The average molecular weight is 299 g/mol. The van der Waals surface area contributed by atoms with Crippen LogP contribution >= 0.6 is 0 Å². The number of rotatable bonds is 4. The summed E-state index contributed by atoms with van der Waals surface area (Å²) >= 11 is 0. The van der Waals surface area contributed by atoms with Crippen LogP contribution in [0.25, 0.3) is 0 Å². The Bertz CT molecular complexity index is 415. The molecule has 0 unspecified atom stereocenters. The van der Waals surface area contributed by atoms with Gasteiger partial charge < -0.3 is 5.32 Å². The molecule has 1 rings (SSSR count). The van der Waals surface area contributed by atoms with E-state index in [1.54, 1.807) is 0 Å². The molecule has 0 aliphatic carbocycles. The van der Waals surface area contributed by atoms with E-state index < -0.39 is 23.5 Å². The Kier molecular flexibility index (Phi) is 4.94. The van der Waals surface area contributed by atoms with Gasteiger partial charge in [0.2, 0.25) is 0 Å². The quantitative estimate of drug-likeness (QED) is 0.755. The summed E-state index contributed by atoms with van der Waals surface area (Å²) in [5, 5.41) is 2.60. The highest BCUT2D eigenvalue weighted by atomic mass is 19.4. The second kappa shape index (κ2) is 5.93. The third-order valence-electron chi connectivity index (χ3n) is 2.64. The van der Waals surface area contributed by atoms with Gasteiger partial charge in [0.15, 0.2) is 0 Å². The maximum atomic E-state index is 12.6. The molecule has 1 aromatic rings. The molecule has 0 aliphatic rings. The predicted octanol–water partition coefficient (Wildman–Crippen LogP) is 5.18. The zero-order valence-corrected chi connectivity index (χ0v) is 11.0. The fourth-order valence-corrected chi connectivity index (χ4v) is 1.56. The molecule has 0 radical (unpaired) electrons. The molecule has 0 heterocycles. The lowest BCUT2D eigenvalue weighted by molar-refractivity contribution is -0.143. The molecule has 0 amide bonds. The molecule has 0 saturated heterocycles. The topological polar surface area (TPSA) is 12.0 Å². The van der Waals surface area contributed by atoms with Crippen LogP contribution in [0, 0.1) is 5.92 Å². The zero-order valence-electron chi connectivity index (χ0n) is 11.0. The lowest BCUT2D eigenvalue weighted by Gasteiger charge is -2.15. The van der Waals surface area contributed by atoms with Gasteiger partial charge in [-0.1, -0.05) is 13.8 Å². The van der Waals surface area contributed by atoms with Crippen molar-refractivity contribution in [2.45, 2.75) is 32.6 Å². The van der Waals surface area contributed by atoms with Crippen molar-refractivity contribution in [2.24, 2.45) is 5.92 Å².